The van der Waals surface area contributed by atoms with E-state index in [9.17, 15) is 4.79 Å². The Morgan fingerprint density at radius 2 is 2.27 bits per heavy atom. The maximum atomic E-state index is 10.3. The van der Waals surface area contributed by atoms with Gasteiger partial charge in [0.1, 0.15) is 6.61 Å². The topological polar surface area (TPSA) is 52.3 Å². The van der Waals surface area contributed by atoms with Gasteiger partial charge in [-0.05, 0) is 13.3 Å². The molecule has 11 heavy (non-hydrogen) atoms. The van der Waals surface area contributed by atoms with Crippen molar-refractivity contribution in [1.29, 1.82) is 0 Å². The number of ether oxygens (including phenoxy) is 1. The van der Waals surface area contributed by atoms with Gasteiger partial charge in [-0.15, -0.1) is 0 Å². The number of hydrogen-bond donors (Lipinski definition) is 1. The van der Waals surface area contributed by atoms with E-state index in [-0.39, 0.29) is 12.7 Å². The van der Waals surface area contributed by atoms with Crippen molar-refractivity contribution in [1.82, 2.24) is 0 Å². The lowest BCUT2D eigenvalue weighted by Gasteiger charge is -2.09. The fourth-order valence-corrected chi connectivity index (χ4v) is 0.799. The molecular formula is C8H17NO2. The highest BCUT2D eigenvalue weighted by atomic mass is 16.5. The summed E-state index contributed by atoms with van der Waals surface area (Å²) in [4.78, 5) is 10.3. The summed E-state index contributed by atoms with van der Waals surface area (Å²) < 4.78 is 5.13. The molecule has 0 unspecified atom stereocenters. The lowest BCUT2D eigenvalue weighted by molar-refractivity contribution is -0.124. The van der Waals surface area contributed by atoms with Crippen LogP contribution >= 0.6 is 0 Å². The van der Waals surface area contributed by atoms with E-state index in [1.165, 1.54) is 0 Å². The molecule has 0 saturated heterocycles. The average molecular weight is 159 g/mol. The van der Waals surface area contributed by atoms with Crippen LogP contribution in [-0.4, -0.2) is 18.6 Å². The zero-order valence-electron chi connectivity index (χ0n) is 7.30. The zero-order chi connectivity index (χ0) is 8.69. The Morgan fingerprint density at radius 1 is 1.64 bits per heavy atom. The molecule has 66 valence electrons. The van der Waals surface area contributed by atoms with Crippen LogP contribution in [-0.2, 0) is 9.53 Å². The first-order valence-electron chi connectivity index (χ1n) is 4.06. The second-order valence-electron chi connectivity index (χ2n) is 2.73. The van der Waals surface area contributed by atoms with E-state index in [0.717, 1.165) is 19.3 Å². The summed E-state index contributed by atoms with van der Waals surface area (Å²) in [5.41, 5.74) is 4.91. The molecule has 0 rings (SSSR count). The number of nitrogens with two attached hydrogens (primary N) is 1. The quantitative estimate of drug-likeness (QED) is 0.630. The molecular weight excluding hydrogens is 142 g/mol. The summed E-state index contributed by atoms with van der Waals surface area (Å²) in [6.07, 6.45) is 3.45. The lowest BCUT2D eigenvalue weighted by Crippen LogP contribution is -2.21. The fraction of sp³-hybridized carbons (Fsp3) is 0.875. The van der Waals surface area contributed by atoms with Crippen LogP contribution in [0.2, 0.25) is 0 Å². The lowest BCUT2D eigenvalue weighted by atomic mass is 10.2. The molecule has 0 fully saturated rings. The molecule has 0 aliphatic carbocycles. The average Bonchev–Trinajstić information content (AvgIpc) is 1.97. The van der Waals surface area contributed by atoms with E-state index < -0.39 is 5.91 Å². The largest absolute Gasteiger partial charge is 0.369 e. The normalized spacial score (nSPS) is 12.9. The summed E-state index contributed by atoms with van der Waals surface area (Å²) in [5.74, 6) is -0.395. The smallest absolute Gasteiger partial charge is 0.243 e. The van der Waals surface area contributed by atoms with Gasteiger partial charge in [0.05, 0.1) is 6.10 Å². The summed E-state index contributed by atoms with van der Waals surface area (Å²) in [7, 11) is 0. The molecule has 1 amide bonds. The Kier molecular flexibility index (Phi) is 5.84. The molecule has 0 aromatic carbocycles. The van der Waals surface area contributed by atoms with Crippen LogP contribution in [0.15, 0.2) is 0 Å². The van der Waals surface area contributed by atoms with Crippen molar-refractivity contribution in [3.05, 3.63) is 0 Å². The van der Waals surface area contributed by atoms with Gasteiger partial charge in [-0.25, -0.2) is 0 Å². The monoisotopic (exact) mass is 159 g/mol. The Morgan fingerprint density at radius 3 is 2.73 bits per heavy atom. The highest BCUT2D eigenvalue weighted by Crippen LogP contribution is 2.02. The summed E-state index contributed by atoms with van der Waals surface area (Å²) in [6.45, 7) is 4.13. The van der Waals surface area contributed by atoms with Crippen molar-refractivity contribution in [2.45, 2.75) is 39.2 Å². The number of rotatable bonds is 6. The van der Waals surface area contributed by atoms with E-state index in [1.807, 2.05) is 6.92 Å². The van der Waals surface area contributed by atoms with Gasteiger partial charge >= 0.3 is 0 Å². The van der Waals surface area contributed by atoms with Gasteiger partial charge < -0.3 is 10.5 Å². The van der Waals surface area contributed by atoms with Gasteiger partial charge in [-0.3, -0.25) is 4.79 Å². The van der Waals surface area contributed by atoms with Gasteiger partial charge in [0.2, 0.25) is 5.91 Å². The third-order valence-electron chi connectivity index (χ3n) is 1.47. The maximum Gasteiger partial charge on any atom is 0.243 e. The molecule has 2 N–H and O–H groups in total. The molecule has 3 heteroatoms. The molecule has 0 aliphatic rings. The number of amides is 1. The van der Waals surface area contributed by atoms with E-state index in [4.69, 9.17) is 10.5 Å². The Bertz CT molecular complexity index is 115. The van der Waals surface area contributed by atoms with Gasteiger partial charge in [0.15, 0.2) is 0 Å². The van der Waals surface area contributed by atoms with E-state index >= 15 is 0 Å². The first kappa shape index (κ1) is 10.4. The Balaban J connectivity index is 3.22. The summed E-state index contributed by atoms with van der Waals surface area (Å²) >= 11 is 0. The van der Waals surface area contributed by atoms with Crippen LogP contribution in [0, 0.1) is 0 Å². The Labute approximate surface area is 67.9 Å². The van der Waals surface area contributed by atoms with Crippen LogP contribution in [0.1, 0.15) is 33.1 Å². The second-order valence-corrected chi connectivity index (χ2v) is 2.73. The molecule has 0 saturated carbocycles. The minimum Gasteiger partial charge on any atom is -0.369 e. The van der Waals surface area contributed by atoms with Gasteiger partial charge in [-0.2, -0.15) is 0 Å². The number of primary amides is 1. The third-order valence-corrected chi connectivity index (χ3v) is 1.47. The number of carbonyl (C=O) groups excluding carboxylic acids is 1. The SMILES string of the molecule is CCCC[C@@H](C)OCC(N)=O. The molecule has 3 nitrogen and oxygen atoms in total. The molecule has 0 radical (unpaired) electrons. The molecule has 0 aromatic rings. The first-order chi connectivity index (χ1) is 5.16. The van der Waals surface area contributed by atoms with Gasteiger partial charge in [0.25, 0.3) is 0 Å². The van der Waals surface area contributed by atoms with Gasteiger partial charge in [0, 0.05) is 0 Å². The highest BCUT2D eigenvalue weighted by molar-refractivity contribution is 5.74. The van der Waals surface area contributed by atoms with Crippen LogP contribution in [0.25, 0.3) is 0 Å². The minimum atomic E-state index is -0.395. The van der Waals surface area contributed by atoms with Crippen LogP contribution in [0.5, 0.6) is 0 Å². The first-order valence-corrected chi connectivity index (χ1v) is 4.06. The van der Waals surface area contributed by atoms with Gasteiger partial charge in [-0.1, -0.05) is 19.8 Å². The van der Waals surface area contributed by atoms with Crippen molar-refractivity contribution >= 4 is 5.91 Å². The molecule has 0 heterocycles. The highest BCUT2D eigenvalue weighted by Gasteiger charge is 2.02. The molecule has 0 aromatic heterocycles. The van der Waals surface area contributed by atoms with E-state index in [0.29, 0.717) is 0 Å². The molecule has 0 bridgehead atoms. The number of unbranched alkanes of at least 4 members (excludes halogenated alkanes) is 1. The molecule has 0 spiro atoms. The van der Waals surface area contributed by atoms with Crippen molar-refractivity contribution in [2.24, 2.45) is 5.73 Å². The molecule has 0 aliphatic heterocycles. The summed E-state index contributed by atoms with van der Waals surface area (Å²) in [5, 5.41) is 0. The standard InChI is InChI=1S/C8H17NO2/c1-3-4-5-7(2)11-6-8(9)10/h7H,3-6H2,1-2H3,(H2,9,10)/t7-/m1/s1. The zero-order valence-corrected chi connectivity index (χ0v) is 7.30. The van der Waals surface area contributed by atoms with Crippen molar-refractivity contribution in [3.63, 3.8) is 0 Å². The van der Waals surface area contributed by atoms with Crippen LogP contribution < -0.4 is 5.73 Å². The molecule has 1 atom stereocenters. The number of carbonyl (C=O) groups is 1. The minimum absolute atomic E-state index is 0.0465. The van der Waals surface area contributed by atoms with Crippen LogP contribution in [0.4, 0.5) is 0 Å². The fourth-order valence-electron chi connectivity index (χ4n) is 0.799. The van der Waals surface area contributed by atoms with E-state index in [2.05, 4.69) is 6.92 Å². The summed E-state index contributed by atoms with van der Waals surface area (Å²) in [6, 6.07) is 0. The predicted octanol–water partition coefficient (Wildman–Crippen LogP) is 1.07. The predicted molar refractivity (Wildman–Crippen MR) is 44.1 cm³/mol. The van der Waals surface area contributed by atoms with E-state index in [1.54, 1.807) is 0 Å². The van der Waals surface area contributed by atoms with Crippen molar-refractivity contribution in [2.75, 3.05) is 6.61 Å². The van der Waals surface area contributed by atoms with Crippen LogP contribution in [0.3, 0.4) is 0 Å². The maximum absolute atomic E-state index is 10.3. The van der Waals surface area contributed by atoms with Crippen molar-refractivity contribution in [3.8, 4) is 0 Å². The third kappa shape index (κ3) is 7.33. The van der Waals surface area contributed by atoms with Crippen molar-refractivity contribution < 1.29 is 9.53 Å². The number of hydrogen-bond acceptors (Lipinski definition) is 2. The second kappa shape index (κ2) is 6.16. The Hall–Kier alpha value is -0.570.